The minimum atomic E-state index is -0.500. The number of anilines is 2. The third-order valence-corrected chi connectivity index (χ3v) is 3.82. The maximum absolute atomic E-state index is 13.8. The Kier molecular flexibility index (Phi) is 7.84. The molecule has 2 aromatic carbocycles. The van der Waals surface area contributed by atoms with Crippen LogP contribution in [0.4, 0.5) is 15.8 Å². The maximum Gasteiger partial charge on any atom is 0.255 e. The number of benzene rings is 2. The van der Waals surface area contributed by atoms with E-state index in [1.54, 1.807) is 24.3 Å². The van der Waals surface area contributed by atoms with Crippen LogP contribution in [0.5, 0.6) is 5.75 Å². The highest BCUT2D eigenvalue weighted by Crippen LogP contribution is 2.25. The number of aliphatic hydroxyl groups excluding tert-OH is 2. The van der Waals surface area contributed by atoms with Crippen LogP contribution in [-0.4, -0.2) is 49.5 Å². The van der Waals surface area contributed by atoms with Crippen molar-refractivity contribution in [2.45, 2.75) is 6.54 Å². The topological polar surface area (TPSA) is 103 Å². The van der Waals surface area contributed by atoms with Crippen LogP contribution in [0.15, 0.2) is 36.4 Å². The molecule has 0 radical (unpaired) electrons. The molecule has 8 heteroatoms. The number of nitrogens with one attached hydrogen (secondary N) is 3. The summed E-state index contributed by atoms with van der Waals surface area (Å²) in [6.07, 6.45) is 0. The number of methoxy groups -OCH3 is 1. The van der Waals surface area contributed by atoms with E-state index >= 15 is 0 Å². The van der Waals surface area contributed by atoms with E-state index < -0.39 is 5.82 Å². The van der Waals surface area contributed by atoms with E-state index in [1.807, 2.05) is 0 Å². The molecule has 0 fully saturated rings. The summed E-state index contributed by atoms with van der Waals surface area (Å²) in [7, 11) is 1.39. The van der Waals surface area contributed by atoms with E-state index in [0.717, 1.165) is 0 Å². The van der Waals surface area contributed by atoms with E-state index in [1.165, 1.54) is 19.2 Å². The van der Waals surface area contributed by atoms with Crippen LogP contribution < -0.4 is 20.7 Å². The van der Waals surface area contributed by atoms with Crippen molar-refractivity contribution < 1.29 is 24.1 Å². The summed E-state index contributed by atoms with van der Waals surface area (Å²) in [5.41, 5.74) is 2.04. The molecular weight excluding hydrogens is 353 g/mol. The van der Waals surface area contributed by atoms with Gasteiger partial charge >= 0.3 is 0 Å². The molecule has 0 heterocycles. The SMILES string of the molecule is COc1ccc(CNC(=O)c2c(NCCO)cccc2NCCO)cc1F. The lowest BCUT2D eigenvalue weighted by Gasteiger charge is -2.17. The van der Waals surface area contributed by atoms with Crippen molar-refractivity contribution in [3.8, 4) is 5.75 Å². The highest BCUT2D eigenvalue weighted by molar-refractivity contribution is 6.05. The van der Waals surface area contributed by atoms with E-state index in [0.29, 0.717) is 22.5 Å². The molecule has 2 rings (SSSR count). The molecule has 0 aromatic heterocycles. The van der Waals surface area contributed by atoms with Crippen molar-refractivity contribution in [3.63, 3.8) is 0 Å². The number of carbonyl (C=O) groups excluding carboxylic acids is 1. The van der Waals surface area contributed by atoms with Crippen LogP contribution in [0.3, 0.4) is 0 Å². The fourth-order valence-electron chi connectivity index (χ4n) is 2.56. The summed E-state index contributed by atoms with van der Waals surface area (Å²) in [4.78, 5) is 12.8. The lowest BCUT2D eigenvalue weighted by molar-refractivity contribution is 0.0952. The lowest BCUT2D eigenvalue weighted by atomic mass is 10.1. The number of hydrogen-bond acceptors (Lipinski definition) is 6. The van der Waals surface area contributed by atoms with Crippen molar-refractivity contribution >= 4 is 17.3 Å². The molecule has 0 saturated carbocycles. The molecule has 2 aromatic rings. The standard InChI is InChI=1S/C19H24FN3O4/c1-27-17-6-5-13(11-14(17)20)12-23-19(26)18-15(21-7-9-24)3-2-4-16(18)22-8-10-25/h2-6,11,21-22,24-25H,7-10,12H2,1H3,(H,23,26). The largest absolute Gasteiger partial charge is 0.494 e. The zero-order valence-corrected chi connectivity index (χ0v) is 15.1. The molecule has 0 aliphatic rings. The van der Waals surface area contributed by atoms with Gasteiger partial charge in [-0.15, -0.1) is 0 Å². The van der Waals surface area contributed by atoms with Gasteiger partial charge in [0.05, 0.1) is 25.9 Å². The Labute approximate surface area is 157 Å². The monoisotopic (exact) mass is 377 g/mol. The molecule has 5 N–H and O–H groups in total. The summed E-state index contributed by atoms with van der Waals surface area (Å²) in [6, 6.07) is 9.68. The van der Waals surface area contributed by atoms with Crippen LogP contribution in [0.25, 0.3) is 0 Å². The van der Waals surface area contributed by atoms with Gasteiger partial charge < -0.3 is 30.9 Å². The quantitative estimate of drug-likeness (QED) is 0.431. The number of carbonyl (C=O) groups is 1. The Hall–Kier alpha value is -2.84. The maximum atomic E-state index is 13.8. The summed E-state index contributed by atoms with van der Waals surface area (Å²) in [6.45, 7) is 0.537. The molecule has 1 amide bonds. The van der Waals surface area contributed by atoms with Crippen molar-refractivity contribution in [2.75, 3.05) is 44.0 Å². The van der Waals surface area contributed by atoms with Crippen molar-refractivity contribution in [1.82, 2.24) is 5.32 Å². The first-order valence-electron chi connectivity index (χ1n) is 8.53. The molecule has 0 spiro atoms. The minimum absolute atomic E-state index is 0.0829. The third kappa shape index (κ3) is 5.57. The van der Waals surface area contributed by atoms with Crippen LogP contribution in [0.2, 0.25) is 0 Å². The highest BCUT2D eigenvalue weighted by atomic mass is 19.1. The molecule has 0 bridgehead atoms. The molecule has 0 aliphatic carbocycles. The predicted molar refractivity (Wildman–Crippen MR) is 102 cm³/mol. The number of rotatable bonds is 10. The molecule has 7 nitrogen and oxygen atoms in total. The first-order valence-corrected chi connectivity index (χ1v) is 8.53. The smallest absolute Gasteiger partial charge is 0.255 e. The Bertz CT molecular complexity index is 744. The average Bonchev–Trinajstić information content (AvgIpc) is 2.68. The van der Waals surface area contributed by atoms with Gasteiger partial charge in [-0.1, -0.05) is 12.1 Å². The molecule has 0 unspecified atom stereocenters. The zero-order valence-electron chi connectivity index (χ0n) is 15.1. The minimum Gasteiger partial charge on any atom is -0.494 e. The highest BCUT2D eigenvalue weighted by Gasteiger charge is 2.16. The number of halogens is 1. The predicted octanol–water partition coefficient (Wildman–Crippen LogP) is 1.57. The summed E-state index contributed by atoms with van der Waals surface area (Å²) in [5, 5.41) is 26.8. The van der Waals surface area contributed by atoms with Gasteiger partial charge in [0.2, 0.25) is 0 Å². The first-order chi connectivity index (χ1) is 13.1. The molecule has 0 aliphatic heterocycles. The van der Waals surface area contributed by atoms with Crippen molar-refractivity contribution in [2.24, 2.45) is 0 Å². The Morgan fingerprint density at radius 1 is 1.07 bits per heavy atom. The van der Waals surface area contributed by atoms with E-state index in [4.69, 9.17) is 14.9 Å². The number of hydrogen-bond donors (Lipinski definition) is 5. The Balaban J connectivity index is 2.18. The average molecular weight is 377 g/mol. The second kappa shape index (κ2) is 10.3. The van der Waals surface area contributed by atoms with Gasteiger partial charge in [-0.25, -0.2) is 4.39 Å². The van der Waals surface area contributed by atoms with E-state index in [9.17, 15) is 9.18 Å². The van der Waals surface area contributed by atoms with Crippen LogP contribution in [0.1, 0.15) is 15.9 Å². The first kappa shape index (κ1) is 20.5. The second-order valence-electron chi connectivity index (χ2n) is 5.68. The Morgan fingerprint density at radius 3 is 2.22 bits per heavy atom. The van der Waals surface area contributed by atoms with Crippen molar-refractivity contribution in [1.29, 1.82) is 0 Å². The van der Waals surface area contributed by atoms with Gasteiger partial charge in [0.1, 0.15) is 0 Å². The fourth-order valence-corrected chi connectivity index (χ4v) is 2.56. The van der Waals surface area contributed by atoms with Gasteiger partial charge in [0.15, 0.2) is 11.6 Å². The number of amides is 1. The van der Waals surface area contributed by atoms with Gasteiger partial charge in [0, 0.05) is 31.0 Å². The lowest BCUT2D eigenvalue weighted by Crippen LogP contribution is -2.26. The summed E-state index contributed by atoms with van der Waals surface area (Å²) >= 11 is 0. The van der Waals surface area contributed by atoms with Gasteiger partial charge in [-0.3, -0.25) is 4.79 Å². The third-order valence-electron chi connectivity index (χ3n) is 3.82. The van der Waals surface area contributed by atoms with Gasteiger partial charge in [-0.2, -0.15) is 0 Å². The molecular formula is C19H24FN3O4. The normalized spacial score (nSPS) is 10.4. The number of aliphatic hydroxyl groups is 2. The summed E-state index contributed by atoms with van der Waals surface area (Å²) < 4.78 is 18.7. The van der Waals surface area contributed by atoms with Crippen LogP contribution in [0, 0.1) is 5.82 Å². The van der Waals surface area contributed by atoms with Crippen LogP contribution >= 0.6 is 0 Å². The molecule has 0 saturated heterocycles. The molecule has 27 heavy (non-hydrogen) atoms. The van der Waals surface area contributed by atoms with Gasteiger partial charge in [0.25, 0.3) is 5.91 Å². The van der Waals surface area contributed by atoms with Crippen LogP contribution in [-0.2, 0) is 6.54 Å². The van der Waals surface area contributed by atoms with E-state index in [2.05, 4.69) is 16.0 Å². The summed E-state index contributed by atoms with van der Waals surface area (Å²) in [5.74, 6) is -0.730. The van der Waals surface area contributed by atoms with Crippen molar-refractivity contribution in [3.05, 3.63) is 53.3 Å². The molecule has 0 atom stereocenters. The second-order valence-corrected chi connectivity index (χ2v) is 5.68. The Morgan fingerprint density at radius 2 is 1.70 bits per heavy atom. The zero-order chi connectivity index (χ0) is 19.6. The van der Waals surface area contributed by atoms with E-state index in [-0.39, 0.29) is 44.5 Å². The molecule has 146 valence electrons. The van der Waals surface area contributed by atoms with Gasteiger partial charge in [-0.05, 0) is 29.8 Å². The number of ether oxygens (including phenoxy) is 1. The fraction of sp³-hybridized carbons (Fsp3) is 0.316.